The molecule has 2 aromatic rings. The van der Waals surface area contributed by atoms with Crippen molar-refractivity contribution in [2.45, 2.75) is 27.2 Å². The topological polar surface area (TPSA) is 66.5 Å². The van der Waals surface area contributed by atoms with Crippen LogP contribution in [0.2, 0.25) is 5.02 Å². The number of aryl methyl sites for hydroxylation is 1. The van der Waals surface area contributed by atoms with Gasteiger partial charge in [0.25, 0.3) is 0 Å². The first-order valence-electron chi connectivity index (χ1n) is 8.23. The lowest BCUT2D eigenvalue weighted by Gasteiger charge is -2.21. The number of carbonyl (C=O) groups is 3. The summed E-state index contributed by atoms with van der Waals surface area (Å²) >= 11 is 5.96. The van der Waals surface area contributed by atoms with E-state index in [9.17, 15) is 14.4 Å². The zero-order valence-corrected chi connectivity index (χ0v) is 15.8. The molecule has 0 aliphatic rings. The van der Waals surface area contributed by atoms with Gasteiger partial charge in [0.15, 0.2) is 5.78 Å². The summed E-state index contributed by atoms with van der Waals surface area (Å²) in [5.41, 5.74) is 2.79. The zero-order valence-electron chi connectivity index (χ0n) is 15.0. The summed E-state index contributed by atoms with van der Waals surface area (Å²) in [6.07, 6.45) is 0.139. The van der Waals surface area contributed by atoms with Gasteiger partial charge in [0.2, 0.25) is 11.8 Å². The Kier molecular flexibility index (Phi) is 6.52. The smallest absolute Gasteiger partial charge is 0.226 e. The van der Waals surface area contributed by atoms with Crippen molar-refractivity contribution < 1.29 is 14.4 Å². The van der Waals surface area contributed by atoms with Crippen LogP contribution in [0, 0.1) is 6.92 Å². The van der Waals surface area contributed by atoms with Crippen LogP contribution < -0.4 is 10.2 Å². The minimum Gasteiger partial charge on any atom is -0.326 e. The maximum absolute atomic E-state index is 12.2. The molecule has 0 aliphatic heterocycles. The third-order valence-electron chi connectivity index (χ3n) is 4.00. The van der Waals surface area contributed by atoms with E-state index in [1.54, 1.807) is 36.4 Å². The van der Waals surface area contributed by atoms with E-state index in [2.05, 4.69) is 5.32 Å². The minimum atomic E-state index is -0.207. The van der Waals surface area contributed by atoms with Crippen LogP contribution in [-0.4, -0.2) is 24.1 Å². The largest absolute Gasteiger partial charge is 0.326 e. The lowest BCUT2D eigenvalue weighted by Crippen LogP contribution is -2.32. The fraction of sp³-hybridized carbons (Fsp3) is 0.250. The van der Waals surface area contributed by atoms with Crippen molar-refractivity contribution in [1.29, 1.82) is 0 Å². The molecule has 2 aromatic carbocycles. The number of Topliss-reactive ketones (excluding diaryl/α,β-unsaturated/α-hetero) is 1. The highest BCUT2D eigenvalue weighted by Gasteiger charge is 2.14. The zero-order chi connectivity index (χ0) is 19.3. The number of anilines is 2. The monoisotopic (exact) mass is 372 g/mol. The van der Waals surface area contributed by atoms with Crippen LogP contribution in [0.5, 0.6) is 0 Å². The van der Waals surface area contributed by atoms with E-state index in [-0.39, 0.29) is 30.6 Å². The van der Waals surface area contributed by atoms with Crippen LogP contribution in [0.15, 0.2) is 42.5 Å². The van der Waals surface area contributed by atoms with E-state index < -0.39 is 0 Å². The molecule has 0 bridgehead atoms. The predicted octanol–water partition coefficient (Wildman–Crippen LogP) is 4.23. The molecular weight excluding hydrogens is 352 g/mol. The van der Waals surface area contributed by atoms with Crippen LogP contribution >= 0.6 is 11.6 Å². The summed E-state index contributed by atoms with van der Waals surface area (Å²) < 4.78 is 0. The number of rotatable bonds is 6. The van der Waals surface area contributed by atoms with Gasteiger partial charge in [-0.25, -0.2) is 0 Å². The molecule has 0 fully saturated rings. The number of halogens is 1. The normalized spacial score (nSPS) is 10.3. The van der Waals surface area contributed by atoms with E-state index in [1.807, 2.05) is 13.0 Å². The Hall–Kier alpha value is -2.66. The summed E-state index contributed by atoms with van der Waals surface area (Å²) in [5, 5.41) is 3.36. The molecule has 0 heterocycles. The number of hydrogen-bond donors (Lipinski definition) is 1. The van der Waals surface area contributed by atoms with E-state index in [0.717, 1.165) is 5.56 Å². The van der Waals surface area contributed by atoms with Crippen LogP contribution in [0.1, 0.15) is 36.2 Å². The second-order valence-corrected chi connectivity index (χ2v) is 6.47. The standard InChI is InChI=1S/C20H21ClN2O3/c1-13-4-7-17(21)12-19(13)22-20(26)10-11-23(15(3)25)18-8-5-16(6-9-18)14(2)24/h4-9,12H,10-11H2,1-3H3,(H,22,26). The highest BCUT2D eigenvalue weighted by molar-refractivity contribution is 6.31. The number of benzene rings is 2. The Labute approximate surface area is 158 Å². The number of nitrogens with zero attached hydrogens (tertiary/aromatic N) is 1. The fourth-order valence-electron chi connectivity index (χ4n) is 2.50. The van der Waals surface area contributed by atoms with Gasteiger partial charge in [0, 0.05) is 41.9 Å². The lowest BCUT2D eigenvalue weighted by molar-refractivity contribution is -0.117. The fourth-order valence-corrected chi connectivity index (χ4v) is 2.67. The number of hydrogen-bond acceptors (Lipinski definition) is 3. The third kappa shape index (κ3) is 5.17. The van der Waals surface area contributed by atoms with Gasteiger partial charge in [-0.3, -0.25) is 14.4 Å². The molecule has 0 unspecified atom stereocenters. The molecule has 6 heteroatoms. The first kappa shape index (κ1) is 19.7. The SMILES string of the molecule is CC(=O)c1ccc(N(CCC(=O)Nc2cc(Cl)ccc2C)C(C)=O)cc1. The van der Waals surface area contributed by atoms with E-state index >= 15 is 0 Å². The first-order valence-corrected chi connectivity index (χ1v) is 8.61. The molecule has 0 saturated heterocycles. The Morgan fingerprint density at radius 3 is 2.27 bits per heavy atom. The average molecular weight is 373 g/mol. The molecule has 0 aromatic heterocycles. The minimum absolute atomic E-state index is 0.0396. The molecule has 136 valence electrons. The quantitative estimate of drug-likeness (QED) is 0.771. The molecule has 2 amide bonds. The summed E-state index contributed by atoms with van der Waals surface area (Å²) in [6.45, 7) is 5.04. The van der Waals surface area contributed by atoms with E-state index in [1.165, 1.54) is 18.7 Å². The first-order chi connectivity index (χ1) is 12.3. The van der Waals surface area contributed by atoms with Gasteiger partial charge in [0.1, 0.15) is 0 Å². The second kappa shape index (κ2) is 8.63. The van der Waals surface area contributed by atoms with Crippen molar-refractivity contribution in [2.24, 2.45) is 0 Å². The molecule has 0 saturated carbocycles. The van der Waals surface area contributed by atoms with Crippen LogP contribution in [0.3, 0.4) is 0 Å². The maximum Gasteiger partial charge on any atom is 0.226 e. The second-order valence-electron chi connectivity index (χ2n) is 6.03. The van der Waals surface area contributed by atoms with Crippen LogP contribution in [0.4, 0.5) is 11.4 Å². The molecule has 0 spiro atoms. The Morgan fingerprint density at radius 2 is 1.69 bits per heavy atom. The summed E-state index contributed by atoms with van der Waals surface area (Å²) in [6, 6.07) is 12.0. The number of carbonyl (C=O) groups excluding carboxylic acids is 3. The van der Waals surface area contributed by atoms with Crippen molar-refractivity contribution in [3.8, 4) is 0 Å². The summed E-state index contributed by atoms with van der Waals surface area (Å²) in [4.78, 5) is 37.0. The molecule has 2 rings (SSSR count). The molecular formula is C20H21ClN2O3. The maximum atomic E-state index is 12.2. The molecule has 0 aliphatic carbocycles. The van der Waals surface area contributed by atoms with Crippen molar-refractivity contribution >= 4 is 40.6 Å². The molecule has 1 N–H and O–H groups in total. The van der Waals surface area contributed by atoms with Crippen LogP contribution in [0.25, 0.3) is 0 Å². The Balaban J connectivity index is 2.04. The lowest BCUT2D eigenvalue weighted by atomic mass is 10.1. The van der Waals surface area contributed by atoms with Crippen molar-refractivity contribution in [2.75, 3.05) is 16.8 Å². The number of amides is 2. The van der Waals surface area contributed by atoms with Gasteiger partial charge >= 0.3 is 0 Å². The van der Waals surface area contributed by atoms with Gasteiger partial charge in [-0.15, -0.1) is 0 Å². The van der Waals surface area contributed by atoms with Gasteiger partial charge < -0.3 is 10.2 Å². The van der Waals surface area contributed by atoms with Gasteiger partial charge in [0.05, 0.1) is 0 Å². The van der Waals surface area contributed by atoms with Gasteiger partial charge in [-0.05, 0) is 55.8 Å². The van der Waals surface area contributed by atoms with Crippen LogP contribution in [-0.2, 0) is 9.59 Å². The predicted molar refractivity (Wildman–Crippen MR) is 104 cm³/mol. The van der Waals surface area contributed by atoms with Crippen molar-refractivity contribution in [3.05, 3.63) is 58.6 Å². The molecule has 0 radical (unpaired) electrons. The van der Waals surface area contributed by atoms with E-state index in [4.69, 9.17) is 11.6 Å². The highest BCUT2D eigenvalue weighted by Crippen LogP contribution is 2.21. The Morgan fingerprint density at radius 1 is 1.04 bits per heavy atom. The summed E-state index contributed by atoms with van der Waals surface area (Å²) in [7, 11) is 0. The molecule has 26 heavy (non-hydrogen) atoms. The summed E-state index contributed by atoms with van der Waals surface area (Å²) in [5.74, 6) is -0.420. The van der Waals surface area contributed by atoms with Crippen molar-refractivity contribution in [1.82, 2.24) is 0 Å². The van der Waals surface area contributed by atoms with E-state index in [0.29, 0.717) is 22.0 Å². The number of nitrogens with one attached hydrogen (secondary N) is 1. The average Bonchev–Trinajstić information content (AvgIpc) is 2.58. The molecule has 0 atom stereocenters. The van der Waals surface area contributed by atoms with Gasteiger partial charge in [-0.1, -0.05) is 17.7 Å². The third-order valence-corrected chi connectivity index (χ3v) is 4.24. The Bertz CT molecular complexity index is 831. The highest BCUT2D eigenvalue weighted by atomic mass is 35.5. The van der Waals surface area contributed by atoms with Crippen molar-refractivity contribution in [3.63, 3.8) is 0 Å². The van der Waals surface area contributed by atoms with Gasteiger partial charge in [-0.2, -0.15) is 0 Å². The number of ketones is 1. The molecule has 5 nitrogen and oxygen atoms in total.